The number of hydrogen-bond acceptors (Lipinski definition) is 3. The maximum absolute atomic E-state index is 5.77. The first kappa shape index (κ1) is 14.1. The van der Waals surface area contributed by atoms with Crippen LogP contribution in [0.1, 0.15) is 5.56 Å². The van der Waals surface area contributed by atoms with Crippen molar-refractivity contribution in [2.75, 3.05) is 12.3 Å². The number of pyridine rings is 1. The Kier molecular flexibility index (Phi) is 3.96. The fourth-order valence-corrected chi connectivity index (χ4v) is 2.75. The minimum atomic E-state index is -1.02. The van der Waals surface area contributed by atoms with Crippen molar-refractivity contribution in [2.45, 2.75) is 39.3 Å². The lowest BCUT2D eigenvalue weighted by Crippen LogP contribution is -2.22. The van der Waals surface area contributed by atoms with E-state index in [9.17, 15) is 0 Å². The Balaban J connectivity index is 2.05. The van der Waals surface area contributed by atoms with Gasteiger partial charge in [0.15, 0.2) is 0 Å². The summed E-state index contributed by atoms with van der Waals surface area (Å²) in [5, 5.41) is 1.11. The predicted molar refractivity (Wildman–Crippen MR) is 83.0 cm³/mol. The number of aromatic nitrogens is 2. The maximum atomic E-state index is 5.77. The van der Waals surface area contributed by atoms with Crippen molar-refractivity contribution in [3.05, 3.63) is 24.0 Å². The number of fused-ring (bicyclic) bond motifs is 1. The van der Waals surface area contributed by atoms with Gasteiger partial charge in [0, 0.05) is 26.3 Å². The van der Waals surface area contributed by atoms with E-state index in [0.717, 1.165) is 17.6 Å². The Hall–Kier alpha value is -1.33. The largest absolute Gasteiger partial charge is 0.397 e. The van der Waals surface area contributed by atoms with Gasteiger partial charge < -0.3 is 15.0 Å². The molecule has 0 spiro atoms. The van der Waals surface area contributed by atoms with Crippen LogP contribution in [0.25, 0.3) is 11.0 Å². The monoisotopic (exact) mass is 277 g/mol. The van der Waals surface area contributed by atoms with Crippen LogP contribution in [-0.2, 0) is 11.5 Å². The van der Waals surface area contributed by atoms with Crippen molar-refractivity contribution in [2.24, 2.45) is 0 Å². The van der Waals surface area contributed by atoms with Crippen molar-refractivity contribution < 1.29 is 4.74 Å². The van der Waals surface area contributed by atoms with Crippen molar-refractivity contribution in [3.63, 3.8) is 0 Å². The molecule has 2 aromatic rings. The van der Waals surface area contributed by atoms with Crippen LogP contribution in [0.15, 0.2) is 18.5 Å². The second-order valence-electron chi connectivity index (χ2n) is 6.27. The molecule has 2 rings (SSSR count). The summed E-state index contributed by atoms with van der Waals surface area (Å²) in [5.74, 6) is 0. The van der Waals surface area contributed by atoms with E-state index in [2.05, 4.69) is 37.7 Å². The summed E-state index contributed by atoms with van der Waals surface area (Å²) in [7, 11) is -1.02. The van der Waals surface area contributed by atoms with Crippen LogP contribution < -0.4 is 5.73 Å². The molecule has 0 fully saturated rings. The fraction of sp³-hybridized carbons (Fsp3) is 0.500. The zero-order valence-electron chi connectivity index (χ0n) is 12.2. The van der Waals surface area contributed by atoms with Crippen LogP contribution in [-0.4, -0.2) is 24.2 Å². The molecule has 0 atom stereocenters. The summed E-state index contributed by atoms with van der Waals surface area (Å²) in [5.41, 5.74) is 8.60. The summed E-state index contributed by atoms with van der Waals surface area (Å²) >= 11 is 0. The third-order valence-electron chi connectivity index (χ3n) is 3.16. The summed E-state index contributed by atoms with van der Waals surface area (Å²) in [6.45, 7) is 10.5. The molecule has 0 radical (unpaired) electrons. The van der Waals surface area contributed by atoms with Crippen LogP contribution in [0, 0.1) is 6.92 Å². The van der Waals surface area contributed by atoms with E-state index in [0.29, 0.717) is 12.4 Å². The summed E-state index contributed by atoms with van der Waals surface area (Å²) in [6.07, 6.45) is 3.77. The van der Waals surface area contributed by atoms with Gasteiger partial charge in [-0.1, -0.05) is 19.6 Å². The molecular weight excluding hydrogens is 254 g/mol. The van der Waals surface area contributed by atoms with E-state index in [-0.39, 0.29) is 0 Å². The maximum Gasteiger partial charge on any atom is 0.142 e. The Labute approximate surface area is 115 Å². The van der Waals surface area contributed by atoms with Gasteiger partial charge in [-0.2, -0.15) is 0 Å². The Bertz CT molecular complexity index is 572. The van der Waals surface area contributed by atoms with E-state index >= 15 is 0 Å². The molecule has 2 heterocycles. The second kappa shape index (κ2) is 5.34. The highest BCUT2D eigenvalue weighted by atomic mass is 28.3. The average Bonchev–Trinajstić information content (AvgIpc) is 2.60. The molecule has 0 saturated heterocycles. The molecule has 0 aliphatic heterocycles. The number of ether oxygens (including phenoxy) is 1. The van der Waals surface area contributed by atoms with Crippen LogP contribution in [0.3, 0.4) is 0 Å². The van der Waals surface area contributed by atoms with Gasteiger partial charge >= 0.3 is 0 Å². The van der Waals surface area contributed by atoms with Crippen LogP contribution >= 0.6 is 0 Å². The number of nitrogen functional groups attached to an aromatic ring is 1. The molecule has 104 valence electrons. The minimum Gasteiger partial charge on any atom is -0.397 e. The van der Waals surface area contributed by atoms with Crippen LogP contribution in [0.4, 0.5) is 5.69 Å². The topological polar surface area (TPSA) is 53.1 Å². The first-order chi connectivity index (χ1) is 8.87. The van der Waals surface area contributed by atoms with Gasteiger partial charge in [-0.3, -0.25) is 0 Å². The van der Waals surface area contributed by atoms with E-state index in [1.165, 1.54) is 11.6 Å². The smallest absolute Gasteiger partial charge is 0.142 e. The SMILES string of the molecule is Cc1cn(COCC[Si](C)(C)C)c2ncc(N)cc12. The van der Waals surface area contributed by atoms with Gasteiger partial charge in [0.25, 0.3) is 0 Å². The van der Waals surface area contributed by atoms with E-state index < -0.39 is 8.07 Å². The normalized spacial score (nSPS) is 12.2. The lowest BCUT2D eigenvalue weighted by Gasteiger charge is -2.15. The minimum absolute atomic E-state index is 0.561. The standard InChI is InChI=1S/C14H23N3OSi/c1-11-9-17(10-18-5-6-19(2,3)4)14-13(11)7-12(15)8-16-14/h7-9H,5-6,10,15H2,1-4H3. The van der Waals surface area contributed by atoms with Crippen molar-refractivity contribution in [1.82, 2.24) is 9.55 Å². The molecule has 0 aliphatic carbocycles. The van der Waals surface area contributed by atoms with E-state index in [1.54, 1.807) is 6.20 Å². The third-order valence-corrected chi connectivity index (χ3v) is 4.87. The third kappa shape index (κ3) is 3.58. The van der Waals surface area contributed by atoms with Gasteiger partial charge in [0.2, 0.25) is 0 Å². The average molecular weight is 277 g/mol. The van der Waals surface area contributed by atoms with Crippen molar-refractivity contribution in [1.29, 1.82) is 0 Å². The predicted octanol–water partition coefficient (Wildman–Crippen LogP) is 3.24. The van der Waals surface area contributed by atoms with Gasteiger partial charge in [-0.25, -0.2) is 4.98 Å². The number of aryl methyl sites for hydroxylation is 1. The molecule has 0 amide bonds. The number of rotatable bonds is 5. The molecule has 4 nitrogen and oxygen atoms in total. The van der Waals surface area contributed by atoms with Gasteiger partial charge in [0.05, 0.1) is 11.9 Å². The molecule has 0 bridgehead atoms. The van der Waals surface area contributed by atoms with Crippen molar-refractivity contribution >= 4 is 24.8 Å². The van der Waals surface area contributed by atoms with Gasteiger partial charge in [0.1, 0.15) is 12.4 Å². The van der Waals surface area contributed by atoms with Gasteiger partial charge in [-0.15, -0.1) is 0 Å². The molecule has 0 unspecified atom stereocenters. The second-order valence-corrected chi connectivity index (χ2v) is 11.9. The Morgan fingerprint density at radius 2 is 2.11 bits per heavy atom. The molecule has 2 aromatic heterocycles. The van der Waals surface area contributed by atoms with E-state index in [4.69, 9.17) is 10.5 Å². The zero-order chi connectivity index (χ0) is 14.0. The number of hydrogen-bond donors (Lipinski definition) is 1. The summed E-state index contributed by atoms with van der Waals surface area (Å²) < 4.78 is 7.82. The quantitative estimate of drug-likeness (QED) is 0.674. The van der Waals surface area contributed by atoms with E-state index in [1.807, 2.05) is 10.6 Å². The number of nitrogens with two attached hydrogens (primary N) is 1. The highest BCUT2D eigenvalue weighted by Gasteiger charge is 2.12. The molecular formula is C14H23N3OSi. The first-order valence-corrected chi connectivity index (χ1v) is 10.4. The van der Waals surface area contributed by atoms with Crippen LogP contribution in [0.2, 0.25) is 25.7 Å². The fourth-order valence-electron chi connectivity index (χ4n) is 2.00. The first-order valence-electron chi connectivity index (χ1n) is 6.65. The summed E-state index contributed by atoms with van der Waals surface area (Å²) in [6, 6.07) is 3.15. The Morgan fingerprint density at radius 1 is 1.37 bits per heavy atom. The molecule has 0 aromatic carbocycles. The Morgan fingerprint density at radius 3 is 2.79 bits per heavy atom. The van der Waals surface area contributed by atoms with Crippen LogP contribution in [0.5, 0.6) is 0 Å². The highest BCUT2D eigenvalue weighted by Crippen LogP contribution is 2.21. The molecule has 2 N–H and O–H groups in total. The van der Waals surface area contributed by atoms with Gasteiger partial charge in [-0.05, 0) is 24.6 Å². The number of nitrogens with zero attached hydrogens (tertiary/aromatic N) is 2. The highest BCUT2D eigenvalue weighted by molar-refractivity contribution is 6.76. The molecule has 5 heteroatoms. The molecule has 0 aliphatic rings. The molecule has 19 heavy (non-hydrogen) atoms. The van der Waals surface area contributed by atoms with Crippen molar-refractivity contribution in [3.8, 4) is 0 Å². The summed E-state index contributed by atoms with van der Waals surface area (Å²) in [4.78, 5) is 4.40. The zero-order valence-corrected chi connectivity index (χ0v) is 13.2. The number of anilines is 1. The molecule has 0 saturated carbocycles. The lowest BCUT2D eigenvalue weighted by molar-refractivity contribution is 0.0898. The lowest BCUT2D eigenvalue weighted by atomic mass is 10.2.